The molecule has 1 saturated heterocycles. The number of nitrogens with one attached hydrogen (secondary N) is 1. The predicted octanol–water partition coefficient (Wildman–Crippen LogP) is 3.74. The minimum Gasteiger partial charge on any atom is -0.497 e. The van der Waals surface area contributed by atoms with Crippen LogP contribution in [0.5, 0.6) is 5.75 Å². The normalized spacial score (nSPS) is 15.9. The van der Waals surface area contributed by atoms with Crippen molar-refractivity contribution in [3.8, 4) is 5.75 Å². The first-order chi connectivity index (χ1) is 12.8. The highest BCUT2D eigenvalue weighted by atomic mass is 79.9. The second kappa shape index (κ2) is 7.36. The maximum Gasteiger partial charge on any atom is 0.335 e. The van der Waals surface area contributed by atoms with Crippen LogP contribution in [0.2, 0.25) is 0 Å². The Morgan fingerprint density at radius 3 is 2.41 bits per heavy atom. The van der Waals surface area contributed by atoms with Crippen LogP contribution >= 0.6 is 15.9 Å². The summed E-state index contributed by atoms with van der Waals surface area (Å²) in [6, 6.07) is 9.62. The lowest BCUT2D eigenvalue weighted by Gasteiger charge is -2.26. The van der Waals surface area contributed by atoms with Gasteiger partial charge in [-0.1, -0.05) is 22.0 Å². The zero-order valence-electron chi connectivity index (χ0n) is 15.0. The highest BCUT2D eigenvalue weighted by Crippen LogP contribution is 2.27. The van der Waals surface area contributed by atoms with E-state index in [1.807, 2.05) is 13.8 Å². The molecule has 1 heterocycles. The highest BCUT2D eigenvalue weighted by molar-refractivity contribution is 9.10. The topological polar surface area (TPSA) is 75.7 Å². The van der Waals surface area contributed by atoms with Crippen LogP contribution in [0.25, 0.3) is 6.08 Å². The fraction of sp³-hybridized carbons (Fsp3) is 0.150. The van der Waals surface area contributed by atoms with E-state index in [1.54, 1.807) is 43.5 Å². The van der Waals surface area contributed by atoms with E-state index in [1.165, 1.54) is 6.08 Å². The Kier molecular flexibility index (Phi) is 5.14. The molecule has 27 heavy (non-hydrogen) atoms. The summed E-state index contributed by atoms with van der Waals surface area (Å²) in [5.41, 5.74) is 2.67. The largest absolute Gasteiger partial charge is 0.497 e. The molecule has 1 aliphatic rings. The summed E-state index contributed by atoms with van der Waals surface area (Å²) in [6.45, 7) is 3.70. The number of nitrogens with zero attached hydrogens (tertiary/aromatic N) is 1. The SMILES string of the molecule is COc1ccc(/C=C2\C(=O)NC(=O)N(c3ccc(Br)c(C)c3)C2=O)c(C)c1. The summed E-state index contributed by atoms with van der Waals surface area (Å²) < 4.78 is 6.03. The molecule has 1 fully saturated rings. The zero-order valence-corrected chi connectivity index (χ0v) is 16.6. The van der Waals surface area contributed by atoms with Crippen LogP contribution in [0, 0.1) is 13.8 Å². The van der Waals surface area contributed by atoms with Gasteiger partial charge in [0.25, 0.3) is 11.8 Å². The van der Waals surface area contributed by atoms with Gasteiger partial charge in [-0.05, 0) is 66.9 Å². The molecular formula is C20H17BrN2O4. The molecule has 6 nitrogen and oxygen atoms in total. The molecule has 0 saturated carbocycles. The zero-order chi connectivity index (χ0) is 19.7. The van der Waals surface area contributed by atoms with Gasteiger partial charge in [-0.2, -0.15) is 0 Å². The van der Waals surface area contributed by atoms with Gasteiger partial charge < -0.3 is 4.74 Å². The standard InChI is InChI=1S/C20H17BrN2O4/c1-11-9-15(27-3)6-4-13(11)10-16-18(24)22-20(26)23(19(16)25)14-5-7-17(21)12(2)8-14/h4-10H,1-3H3,(H,22,24,26)/b16-10+. The Balaban J connectivity index is 2.03. The fourth-order valence-electron chi connectivity index (χ4n) is 2.75. The van der Waals surface area contributed by atoms with Crippen molar-refractivity contribution in [1.82, 2.24) is 5.32 Å². The monoisotopic (exact) mass is 428 g/mol. The van der Waals surface area contributed by atoms with Gasteiger partial charge in [0.1, 0.15) is 11.3 Å². The molecule has 4 amide bonds. The van der Waals surface area contributed by atoms with E-state index in [2.05, 4.69) is 21.2 Å². The minimum absolute atomic E-state index is 0.108. The molecule has 1 N–H and O–H groups in total. The summed E-state index contributed by atoms with van der Waals surface area (Å²) in [6.07, 6.45) is 1.48. The first kappa shape index (κ1) is 18.8. The summed E-state index contributed by atoms with van der Waals surface area (Å²) in [5, 5.41) is 2.23. The van der Waals surface area contributed by atoms with Crippen LogP contribution < -0.4 is 15.0 Å². The van der Waals surface area contributed by atoms with Gasteiger partial charge in [-0.25, -0.2) is 9.69 Å². The summed E-state index contributed by atoms with van der Waals surface area (Å²) >= 11 is 3.39. The molecule has 0 atom stereocenters. The second-order valence-electron chi connectivity index (χ2n) is 6.11. The van der Waals surface area contributed by atoms with Crippen LogP contribution in [-0.4, -0.2) is 25.0 Å². The smallest absolute Gasteiger partial charge is 0.335 e. The quantitative estimate of drug-likeness (QED) is 0.596. The third-order valence-corrected chi connectivity index (χ3v) is 5.17. The number of aryl methyl sites for hydroxylation is 2. The molecule has 138 valence electrons. The van der Waals surface area contributed by atoms with E-state index in [4.69, 9.17) is 4.74 Å². The Morgan fingerprint density at radius 2 is 1.78 bits per heavy atom. The van der Waals surface area contributed by atoms with Crippen molar-refractivity contribution < 1.29 is 19.1 Å². The number of ether oxygens (including phenoxy) is 1. The molecule has 0 radical (unpaired) electrons. The van der Waals surface area contributed by atoms with Crippen LogP contribution in [0.1, 0.15) is 16.7 Å². The third kappa shape index (κ3) is 3.64. The number of rotatable bonds is 3. The van der Waals surface area contributed by atoms with E-state index in [0.717, 1.165) is 20.5 Å². The van der Waals surface area contributed by atoms with Gasteiger partial charge in [0.15, 0.2) is 0 Å². The van der Waals surface area contributed by atoms with E-state index < -0.39 is 17.8 Å². The highest BCUT2D eigenvalue weighted by Gasteiger charge is 2.37. The summed E-state index contributed by atoms with van der Waals surface area (Å²) in [7, 11) is 1.56. The van der Waals surface area contributed by atoms with E-state index in [9.17, 15) is 14.4 Å². The molecule has 2 aromatic rings. The number of anilines is 1. The second-order valence-corrected chi connectivity index (χ2v) is 6.97. The van der Waals surface area contributed by atoms with Gasteiger partial charge in [-0.3, -0.25) is 14.9 Å². The van der Waals surface area contributed by atoms with E-state index >= 15 is 0 Å². The molecule has 0 aromatic heterocycles. The van der Waals surface area contributed by atoms with Crippen molar-refractivity contribution in [2.75, 3.05) is 12.0 Å². The first-order valence-corrected chi connectivity index (χ1v) is 8.93. The Hall–Kier alpha value is -2.93. The average molecular weight is 429 g/mol. The number of hydrogen-bond donors (Lipinski definition) is 1. The summed E-state index contributed by atoms with van der Waals surface area (Å²) in [4.78, 5) is 38.4. The van der Waals surface area contributed by atoms with Gasteiger partial charge in [-0.15, -0.1) is 0 Å². The van der Waals surface area contributed by atoms with Gasteiger partial charge in [0.05, 0.1) is 12.8 Å². The number of hydrogen-bond acceptors (Lipinski definition) is 4. The number of carbonyl (C=O) groups is 3. The molecule has 0 aliphatic carbocycles. The molecule has 0 bridgehead atoms. The van der Waals surface area contributed by atoms with Gasteiger partial charge in [0, 0.05) is 4.47 Å². The van der Waals surface area contributed by atoms with E-state index in [0.29, 0.717) is 17.0 Å². The van der Waals surface area contributed by atoms with Crippen molar-refractivity contribution in [2.24, 2.45) is 0 Å². The molecule has 0 unspecified atom stereocenters. The average Bonchev–Trinajstić information content (AvgIpc) is 2.62. The number of benzene rings is 2. The molecule has 3 rings (SSSR count). The number of amides is 4. The van der Waals surface area contributed by atoms with Crippen LogP contribution in [0.15, 0.2) is 46.4 Å². The molecule has 2 aromatic carbocycles. The Labute approximate surface area is 164 Å². The number of imide groups is 2. The van der Waals surface area contributed by atoms with Crippen molar-refractivity contribution in [3.05, 3.63) is 63.1 Å². The lowest BCUT2D eigenvalue weighted by Crippen LogP contribution is -2.54. The van der Waals surface area contributed by atoms with Gasteiger partial charge in [0.2, 0.25) is 0 Å². The van der Waals surface area contributed by atoms with Crippen molar-refractivity contribution >= 4 is 45.5 Å². The summed E-state index contributed by atoms with van der Waals surface area (Å²) in [5.74, 6) is -0.706. The van der Waals surface area contributed by atoms with Crippen molar-refractivity contribution in [1.29, 1.82) is 0 Å². The third-order valence-electron chi connectivity index (χ3n) is 4.28. The van der Waals surface area contributed by atoms with Crippen molar-refractivity contribution in [3.63, 3.8) is 0 Å². The molecule has 7 heteroatoms. The van der Waals surface area contributed by atoms with Gasteiger partial charge >= 0.3 is 6.03 Å². The van der Waals surface area contributed by atoms with Crippen LogP contribution in [0.4, 0.5) is 10.5 Å². The number of methoxy groups -OCH3 is 1. The van der Waals surface area contributed by atoms with Crippen molar-refractivity contribution in [2.45, 2.75) is 13.8 Å². The minimum atomic E-state index is -0.768. The lowest BCUT2D eigenvalue weighted by molar-refractivity contribution is -0.122. The predicted molar refractivity (Wildman–Crippen MR) is 106 cm³/mol. The molecule has 1 aliphatic heterocycles. The maximum atomic E-state index is 12.9. The lowest BCUT2D eigenvalue weighted by atomic mass is 10.0. The van der Waals surface area contributed by atoms with Crippen LogP contribution in [-0.2, 0) is 9.59 Å². The number of carbonyl (C=O) groups excluding carboxylic acids is 3. The fourth-order valence-corrected chi connectivity index (χ4v) is 3.00. The number of halogens is 1. The Morgan fingerprint density at radius 1 is 1.04 bits per heavy atom. The maximum absolute atomic E-state index is 12.9. The Bertz CT molecular complexity index is 997. The van der Waals surface area contributed by atoms with E-state index in [-0.39, 0.29) is 5.57 Å². The number of urea groups is 1. The first-order valence-electron chi connectivity index (χ1n) is 8.14. The molecule has 0 spiro atoms. The van der Waals surface area contributed by atoms with Crippen LogP contribution in [0.3, 0.4) is 0 Å². The molecular weight excluding hydrogens is 412 g/mol. The number of barbiturate groups is 1.